The molecule has 1 N–H and O–H groups in total. The number of aliphatic hydroxyl groups is 1. The number of ether oxygens (including phenoxy) is 1. The van der Waals surface area contributed by atoms with E-state index in [2.05, 4.69) is 25.2 Å². The molecule has 0 saturated carbocycles. The fourth-order valence-electron chi connectivity index (χ4n) is 4.80. The molecule has 0 radical (unpaired) electrons. The highest BCUT2D eigenvalue weighted by molar-refractivity contribution is 5.52. The second kappa shape index (κ2) is 13.0. The Morgan fingerprint density at radius 1 is 0.978 bits per heavy atom. The highest BCUT2D eigenvalue weighted by atomic mass is 19.4. The van der Waals surface area contributed by atoms with Crippen LogP contribution >= 0.6 is 0 Å². The van der Waals surface area contributed by atoms with Crippen LogP contribution in [0.25, 0.3) is 11.8 Å². The van der Waals surface area contributed by atoms with Crippen molar-refractivity contribution in [3.05, 3.63) is 124 Å². The van der Waals surface area contributed by atoms with Gasteiger partial charge in [0.1, 0.15) is 47.1 Å². The predicted octanol–water partition coefficient (Wildman–Crippen LogP) is 5.01. The van der Waals surface area contributed by atoms with E-state index in [0.29, 0.717) is 17.2 Å². The first kappa shape index (κ1) is 32.2. The zero-order valence-corrected chi connectivity index (χ0v) is 23.9. The van der Waals surface area contributed by atoms with Crippen LogP contribution in [0.15, 0.2) is 84.2 Å². The van der Waals surface area contributed by atoms with Crippen molar-refractivity contribution in [2.24, 2.45) is 5.92 Å². The van der Waals surface area contributed by atoms with Crippen molar-refractivity contribution in [2.45, 2.75) is 38.4 Å². The van der Waals surface area contributed by atoms with Gasteiger partial charge in [0, 0.05) is 11.6 Å². The van der Waals surface area contributed by atoms with Crippen LogP contribution in [-0.2, 0) is 18.7 Å². The summed E-state index contributed by atoms with van der Waals surface area (Å²) in [6.07, 6.45) is 1.20. The summed E-state index contributed by atoms with van der Waals surface area (Å²) >= 11 is 0. The van der Waals surface area contributed by atoms with Crippen LogP contribution in [0.1, 0.15) is 30.0 Å². The lowest BCUT2D eigenvalue weighted by atomic mass is 9.80. The van der Waals surface area contributed by atoms with Crippen molar-refractivity contribution in [1.82, 2.24) is 34.6 Å². The molecule has 10 nitrogen and oxygen atoms in total. The Morgan fingerprint density at radius 3 is 2.39 bits per heavy atom. The maximum atomic E-state index is 15.1. The van der Waals surface area contributed by atoms with Gasteiger partial charge in [-0.05, 0) is 64.2 Å². The summed E-state index contributed by atoms with van der Waals surface area (Å²) in [5, 5.41) is 23.1. The molecule has 2 aromatic heterocycles. The second-order valence-corrected chi connectivity index (χ2v) is 10.4. The number of benzene rings is 3. The third-order valence-electron chi connectivity index (χ3n) is 7.21. The predicted molar refractivity (Wildman–Crippen MR) is 151 cm³/mol. The van der Waals surface area contributed by atoms with Crippen molar-refractivity contribution in [1.29, 1.82) is 0 Å². The monoisotopic (exact) mass is 645 g/mol. The van der Waals surface area contributed by atoms with E-state index in [4.69, 9.17) is 0 Å². The van der Waals surface area contributed by atoms with E-state index in [1.54, 1.807) is 19.1 Å². The first-order chi connectivity index (χ1) is 21.8. The van der Waals surface area contributed by atoms with Crippen molar-refractivity contribution in [3.63, 3.8) is 0 Å². The van der Waals surface area contributed by atoms with E-state index in [1.807, 2.05) is 0 Å². The smallest absolute Gasteiger partial charge is 0.406 e. The van der Waals surface area contributed by atoms with Gasteiger partial charge in [-0.3, -0.25) is 0 Å². The van der Waals surface area contributed by atoms with E-state index in [0.717, 1.165) is 33.6 Å². The Morgan fingerprint density at radius 2 is 1.74 bits per heavy atom. The molecule has 0 fully saturated rings. The molecule has 2 heterocycles. The van der Waals surface area contributed by atoms with Gasteiger partial charge in [-0.25, -0.2) is 27.6 Å². The van der Waals surface area contributed by atoms with Crippen LogP contribution in [0.4, 0.5) is 26.3 Å². The summed E-state index contributed by atoms with van der Waals surface area (Å²) in [6, 6.07) is 11.7. The number of rotatable bonds is 11. The molecule has 0 spiro atoms. The maximum absolute atomic E-state index is 15.1. The molecule has 0 saturated heterocycles. The Balaban J connectivity index is 1.29. The Bertz CT molecular complexity index is 1890. The second-order valence-electron chi connectivity index (χ2n) is 10.4. The summed E-state index contributed by atoms with van der Waals surface area (Å²) in [5.41, 5.74) is -2.07. The fourth-order valence-corrected chi connectivity index (χ4v) is 4.80. The van der Waals surface area contributed by atoms with Crippen LogP contribution in [0.3, 0.4) is 0 Å². The minimum atomic E-state index is -4.84. The lowest BCUT2D eigenvalue weighted by Crippen LogP contribution is -2.39. The molecule has 46 heavy (non-hydrogen) atoms. The van der Waals surface area contributed by atoms with Gasteiger partial charge >= 0.3 is 12.1 Å². The van der Waals surface area contributed by atoms with E-state index in [9.17, 15) is 31.9 Å². The standard InChI is InChI=1S/C30H25F6N7O3/c1-19(29(45,16-41-18-37-17-38-41)24-11-8-22(31)14-25(24)32)3-2-4-20-7-12-27(26(33)13-20)43-28(44)42(39-40-43)15-21-5-9-23(10-6-21)46-30(34,35)36/h2,4-14,17-19,45H,3,15-16H2,1H3/b4-2+/t19-,29+/m0/s1. The fraction of sp³-hybridized carbons (Fsp3) is 0.233. The molecule has 0 bridgehead atoms. The van der Waals surface area contributed by atoms with Crippen LogP contribution in [0.5, 0.6) is 5.75 Å². The van der Waals surface area contributed by atoms with Gasteiger partial charge in [-0.15, -0.1) is 13.2 Å². The number of nitrogens with zero attached hydrogens (tertiary/aromatic N) is 7. The molecule has 16 heteroatoms. The van der Waals surface area contributed by atoms with E-state index in [1.165, 1.54) is 47.7 Å². The number of tetrazole rings is 1. The Labute approximate surface area is 256 Å². The van der Waals surface area contributed by atoms with Crippen molar-refractivity contribution >= 4 is 6.08 Å². The Kier molecular flexibility index (Phi) is 9.09. The largest absolute Gasteiger partial charge is 0.573 e. The molecule has 5 aromatic rings. The topological polar surface area (TPSA) is 113 Å². The van der Waals surface area contributed by atoms with Gasteiger partial charge < -0.3 is 9.84 Å². The quantitative estimate of drug-likeness (QED) is 0.201. The highest BCUT2D eigenvalue weighted by Gasteiger charge is 2.38. The average Bonchev–Trinajstić information content (AvgIpc) is 3.62. The molecule has 0 unspecified atom stereocenters. The van der Waals surface area contributed by atoms with Gasteiger partial charge in [-0.1, -0.05) is 43.3 Å². The lowest BCUT2D eigenvalue weighted by molar-refractivity contribution is -0.274. The van der Waals surface area contributed by atoms with Crippen LogP contribution in [-0.4, -0.2) is 46.0 Å². The molecule has 2 atom stereocenters. The van der Waals surface area contributed by atoms with Crippen molar-refractivity contribution in [2.75, 3.05) is 0 Å². The van der Waals surface area contributed by atoms with Crippen molar-refractivity contribution in [3.8, 4) is 11.4 Å². The average molecular weight is 646 g/mol. The maximum Gasteiger partial charge on any atom is 0.573 e. The first-order valence-corrected chi connectivity index (χ1v) is 13.7. The molecule has 3 aromatic carbocycles. The van der Waals surface area contributed by atoms with Crippen LogP contribution in [0, 0.1) is 23.4 Å². The summed E-state index contributed by atoms with van der Waals surface area (Å²) < 4.78 is 87.4. The molecule has 0 aliphatic rings. The number of allylic oxidation sites excluding steroid dienone is 1. The summed E-state index contributed by atoms with van der Waals surface area (Å²) in [6.45, 7) is 1.37. The highest BCUT2D eigenvalue weighted by Crippen LogP contribution is 2.36. The number of hydrogen-bond acceptors (Lipinski definition) is 7. The lowest BCUT2D eigenvalue weighted by Gasteiger charge is -2.34. The summed E-state index contributed by atoms with van der Waals surface area (Å²) in [4.78, 5) is 16.7. The molecule has 0 amide bonds. The first-order valence-electron chi connectivity index (χ1n) is 13.7. The molecular formula is C30H25F6N7O3. The minimum Gasteiger partial charge on any atom is -0.406 e. The SMILES string of the molecule is C[C@@H](C/C=C/c1ccc(-n2nnn(Cc3ccc(OC(F)(F)F)cc3)c2=O)c(F)c1)[C@](O)(Cn1cncn1)c1ccc(F)cc1F. The summed E-state index contributed by atoms with van der Waals surface area (Å²) in [5.74, 6) is -3.56. The molecule has 0 aliphatic heterocycles. The van der Waals surface area contributed by atoms with Gasteiger partial charge in [0.2, 0.25) is 0 Å². The number of hydrogen-bond donors (Lipinski definition) is 1. The minimum absolute atomic E-state index is 0.119. The molecule has 0 aliphatic carbocycles. The number of halogens is 6. The molecule has 5 rings (SSSR count). The van der Waals surface area contributed by atoms with Crippen molar-refractivity contribution < 1.29 is 36.2 Å². The third-order valence-corrected chi connectivity index (χ3v) is 7.21. The van der Waals surface area contributed by atoms with E-state index < -0.39 is 46.8 Å². The van der Waals surface area contributed by atoms with Crippen LogP contribution < -0.4 is 10.4 Å². The summed E-state index contributed by atoms with van der Waals surface area (Å²) in [7, 11) is 0. The number of aromatic nitrogens is 7. The van der Waals surface area contributed by atoms with E-state index >= 15 is 4.39 Å². The zero-order valence-electron chi connectivity index (χ0n) is 23.9. The Hall–Kier alpha value is -5.25. The van der Waals surface area contributed by atoms with Gasteiger partial charge in [-0.2, -0.15) is 14.5 Å². The molecular weight excluding hydrogens is 620 g/mol. The van der Waals surface area contributed by atoms with Gasteiger partial charge in [0.15, 0.2) is 0 Å². The van der Waals surface area contributed by atoms with Gasteiger partial charge in [0.05, 0.1) is 13.1 Å². The normalized spacial score (nSPS) is 14.0. The van der Waals surface area contributed by atoms with E-state index in [-0.39, 0.29) is 30.8 Å². The van der Waals surface area contributed by atoms with Crippen LogP contribution in [0.2, 0.25) is 0 Å². The third kappa shape index (κ3) is 7.34. The van der Waals surface area contributed by atoms with Gasteiger partial charge in [0.25, 0.3) is 0 Å². The molecule has 240 valence electrons. The zero-order chi connectivity index (χ0) is 33.1. The number of alkyl halides is 3.